The molecule has 0 bridgehead atoms. The van der Waals surface area contributed by atoms with Crippen LogP contribution in [0, 0.1) is 5.82 Å². The van der Waals surface area contributed by atoms with Gasteiger partial charge in [0.1, 0.15) is 5.82 Å². The van der Waals surface area contributed by atoms with E-state index in [4.69, 9.17) is 5.73 Å². The molecule has 1 aromatic carbocycles. The number of thioether (sulfide) groups is 1. The first-order valence-electron chi connectivity index (χ1n) is 5.19. The standard InChI is InChI=1S/C12H12FN3S/c13-10-4-2-9(3-5-10)11(8-14)17-12-15-6-1-7-16-12/h1-7,11H,8,14H2. The summed E-state index contributed by atoms with van der Waals surface area (Å²) in [5, 5.41) is 0.713. The lowest BCUT2D eigenvalue weighted by molar-refractivity contribution is 0.627. The topological polar surface area (TPSA) is 51.8 Å². The predicted molar refractivity (Wildman–Crippen MR) is 66.1 cm³/mol. The van der Waals surface area contributed by atoms with Crippen LogP contribution in [0.3, 0.4) is 0 Å². The summed E-state index contributed by atoms with van der Waals surface area (Å²) in [5.41, 5.74) is 6.70. The average molecular weight is 249 g/mol. The molecule has 1 aromatic heterocycles. The Hall–Kier alpha value is -1.46. The smallest absolute Gasteiger partial charge is 0.188 e. The first-order chi connectivity index (χ1) is 8.29. The lowest BCUT2D eigenvalue weighted by Crippen LogP contribution is -2.09. The van der Waals surface area contributed by atoms with Gasteiger partial charge in [-0.1, -0.05) is 23.9 Å². The van der Waals surface area contributed by atoms with E-state index in [0.29, 0.717) is 11.7 Å². The zero-order chi connectivity index (χ0) is 12.1. The fourth-order valence-corrected chi connectivity index (χ4v) is 2.29. The SMILES string of the molecule is NCC(Sc1ncccn1)c1ccc(F)cc1. The third-order valence-corrected chi connectivity index (χ3v) is 3.42. The summed E-state index contributed by atoms with van der Waals surface area (Å²) < 4.78 is 12.8. The monoisotopic (exact) mass is 249 g/mol. The van der Waals surface area contributed by atoms with Crippen LogP contribution in [0.5, 0.6) is 0 Å². The number of benzene rings is 1. The molecule has 0 aliphatic heterocycles. The maximum atomic E-state index is 12.8. The maximum absolute atomic E-state index is 12.8. The highest BCUT2D eigenvalue weighted by molar-refractivity contribution is 7.99. The molecule has 17 heavy (non-hydrogen) atoms. The highest BCUT2D eigenvalue weighted by Gasteiger charge is 2.12. The summed E-state index contributed by atoms with van der Waals surface area (Å²) in [7, 11) is 0. The summed E-state index contributed by atoms with van der Waals surface area (Å²) in [5.74, 6) is -0.245. The molecule has 0 aliphatic rings. The van der Waals surface area contributed by atoms with Crippen LogP contribution in [0.2, 0.25) is 0 Å². The molecule has 3 nitrogen and oxygen atoms in total. The van der Waals surface area contributed by atoms with Gasteiger partial charge in [0.15, 0.2) is 5.16 Å². The molecule has 1 heterocycles. The van der Waals surface area contributed by atoms with Crippen molar-refractivity contribution in [3.8, 4) is 0 Å². The van der Waals surface area contributed by atoms with Crippen molar-refractivity contribution in [2.24, 2.45) is 5.73 Å². The quantitative estimate of drug-likeness (QED) is 0.668. The van der Waals surface area contributed by atoms with Crippen LogP contribution in [-0.2, 0) is 0 Å². The number of rotatable bonds is 4. The molecule has 0 radical (unpaired) electrons. The molecule has 2 rings (SSSR count). The van der Waals surface area contributed by atoms with Gasteiger partial charge in [0.05, 0.1) is 0 Å². The number of hydrogen-bond donors (Lipinski definition) is 1. The summed E-state index contributed by atoms with van der Waals surface area (Å²) in [6.07, 6.45) is 3.38. The van der Waals surface area contributed by atoms with E-state index in [1.807, 2.05) is 0 Å². The molecule has 0 aliphatic carbocycles. The van der Waals surface area contributed by atoms with Gasteiger partial charge in [-0.15, -0.1) is 0 Å². The fraction of sp³-hybridized carbons (Fsp3) is 0.167. The van der Waals surface area contributed by atoms with Crippen molar-refractivity contribution in [3.05, 3.63) is 54.1 Å². The van der Waals surface area contributed by atoms with Crippen LogP contribution in [-0.4, -0.2) is 16.5 Å². The Balaban J connectivity index is 2.14. The van der Waals surface area contributed by atoms with Crippen LogP contribution < -0.4 is 5.73 Å². The van der Waals surface area contributed by atoms with Gasteiger partial charge in [-0.2, -0.15) is 0 Å². The van der Waals surface area contributed by atoms with Crippen molar-refractivity contribution in [3.63, 3.8) is 0 Å². The largest absolute Gasteiger partial charge is 0.329 e. The van der Waals surface area contributed by atoms with Gasteiger partial charge in [0.2, 0.25) is 0 Å². The molecule has 88 valence electrons. The number of nitrogens with two attached hydrogens (primary N) is 1. The second-order valence-electron chi connectivity index (χ2n) is 3.43. The third kappa shape index (κ3) is 3.25. The molecular weight excluding hydrogens is 237 g/mol. The minimum atomic E-state index is -0.245. The van der Waals surface area contributed by atoms with E-state index >= 15 is 0 Å². The summed E-state index contributed by atoms with van der Waals surface area (Å²) in [4.78, 5) is 8.26. The van der Waals surface area contributed by atoms with Crippen molar-refractivity contribution < 1.29 is 4.39 Å². The molecule has 0 saturated heterocycles. The van der Waals surface area contributed by atoms with Gasteiger partial charge in [0.25, 0.3) is 0 Å². The Morgan fingerprint density at radius 3 is 2.41 bits per heavy atom. The fourth-order valence-electron chi connectivity index (χ4n) is 1.40. The van der Waals surface area contributed by atoms with E-state index in [1.54, 1.807) is 30.6 Å². The molecule has 0 saturated carbocycles. The van der Waals surface area contributed by atoms with E-state index in [-0.39, 0.29) is 11.1 Å². The van der Waals surface area contributed by atoms with E-state index in [1.165, 1.54) is 23.9 Å². The van der Waals surface area contributed by atoms with Gasteiger partial charge < -0.3 is 5.73 Å². The molecule has 2 aromatic rings. The van der Waals surface area contributed by atoms with Gasteiger partial charge >= 0.3 is 0 Å². The molecule has 5 heteroatoms. The summed E-state index contributed by atoms with van der Waals surface area (Å²) in [6, 6.07) is 8.11. The van der Waals surface area contributed by atoms with Crippen molar-refractivity contribution in [2.45, 2.75) is 10.4 Å². The van der Waals surface area contributed by atoms with Crippen LogP contribution in [0.4, 0.5) is 4.39 Å². The lowest BCUT2D eigenvalue weighted by Gasteiger charge is -2.13. The van der Waals surface area contributed by atoms with Gasteiger partial charge in [0, 0.05) is 24.2 Å². The summed E-state index contributed by atoms with van der Waals surface area (Å²) >= 11 is 1.48. The zero-order valence-corrected chi connectivity index (χ0v) is 9.90. The van der Waals surface area contributed by atoms with Gasteiger partial charge in [-0.3, -0.25) is 0 Å². The Morgan fingerprint density at radius 2 is 1.82 bits per heavy atom. The molecule has 0 amide bonds. The molecule has 0 fully saturated rings. The summed E-state index contributed by atoms with van der Waals surface area (Å²) in [6.45, 7) is 0.453. The molecule has 2 N–H and O–H groups in total. The Labute approximate surface area is 103 Å². The predicted octanol–water partition coefficient (Wildman–Crippen LogP) is 2.41. The van der Waals surface area contributed by atoms with Crippen LogP contribution >= 0.6 is 11.8 Å². The van der Waals surface area contributed by atoms with E-state index < -0.39 is 0 Å². The normalized spacial score (nSPS) is 12.4. The van der Waals surface area contributed by atoms with Crippen LogP contribution in [0.15, 0.2) is 47.9 Å². The first-order valence-corrected chi connectivity index (χ1v) is 6.07. The zero-order valence-electron chi connectivity index (χ0n) is 9.08. The van der Waals surface area contributed by atoms with Crippen molar-refractivity contribution >= 4 is 11.8 Å². The molecular formula is C12H12FN3S. The highest BCUT2D eigenvalue weighted by atomic mass is 32.2. The first kappa shape index (κ1) is 12.0. The highest BCUT2D eigenvalue weighted by Crippen LogP contribution is 2.31. The Kier molecular flexibility index (Phi) is 4.06. The number of hydrogen-bond acceptors (Lipinski definition) is 4. The number of aromatic nitrogens is 2. The van der Waals surface area contributed by atoms with Crippen molar-refractivity contribution in [1.29, 1.82) is 0 Å². The van der Waals surface area contributed by atoms with E-state index in [9.17, 15) is 4.39 Å². The Morgan fingerprint density at radius 1 is 1.18 bits per heavy atom. The van der Waals surface area contributed by atoms with E-state index in [0.717, 1.165) is 5.56 Å². The van der Waals surface area contributed by atoms with Gasteiger partial charge in [-0.05, 0) is 23.8 Å². The minimum absolute atomic E-state index is 0.0398. The Bertz CT molecular complexity index is 461. The van der Waals surface area contributed by atoms with Crippen LogP contribution in [0.1, 0.15) is 10.8 Å². The molecule has 1 unspecified atom stereocenters. The van der Waals surface area contributed by atoms with Gasteiger partial charge in [-0.25, -0.2) is 14.4 Å². The minimum Gasteiger partial charge on any atom is -0.329 e. The van der Waals surface area contributed by atoms with Crippen molar-refractivity contribution in [1.82, 2.24) is 9.97 Å². The molecule has 0 spiro atoms. The van der Waals surface area contributed by atoms with Crippen molar-refractivity contribution in [2.75, 3.05) is 6.54 Å². The molecule has 1 atom stereocenters. The third-order valence-electron chi connectivity index (χ3n) is 2.25. The maximum Gasteiger partial charge on any atom is 0.188 e. The second-order valence-corrected chi connectivity index (χ2v) is 4.59. The second kappa shape index (κ2) is 5.75. The lowest BCUT2D eigenvalue weighted by atomic mass is 10.1. The average Bonchev–Trinajstić information content (AvgIpc) is 2.38. The van der Waals surface area contributed by atoms with Crippen LogP contribution in [0.25, 0.3) is 0 Å². The van der Waals surface area contributed by atoms with E-state index in [2.05, 4.69) is 9.97 Å². The number of halogens is 1. The number of nitrogens with zero attached hydrogens (tertiary/aromatic N) is 2.